The minimum atomic E-state index is -0.223. The SMILES string of the molecule is CCCNc1ncc(Br)c(N2CCNC(=O)C2C)n1. The lowest BCUT2D eigenvalue weighted by Gasteiger charge is -2.34. The Hall–Kier alpha value is -1.37. The summed E-state index contributed by atoms with van der Waals surface area (Å²) in [5.74, 6) is 1.38. The Bertz CT molecular complexity index is 467. The van der Waals surface area contributed by atoms with Gasteiger partial charge in [-0.05, 0) is 29.3 Å². The molecule has 1 aromatic heterocycles. The highest BCUT2D eigenvalue weighted by Gasteiger charge is 2.28. The number of carbonyl (C=O) groups is 1. The lowest BCUT2D eigenvalue weighted by molar-refractivity contribution is -0.122. The third-order valence-corrected chi connectivity index (χ3v) is 3.59. The van der Waals surface area contributed by atoms with Gasteiger partial charge < -0.3 is 15.5 Å². The quantitative estimate of drug-likeness (QED) is 0.874. The van der Waals surface area contributed by atoms with Crippen molar-refractivity contribution in [3.05, 3.63) is 10.7 Å². The van der Waals surface area contributed by atoms with Gasteiger partial charge in [-0.25, -0.2) is 4.98 Å². The molecule has 1 fully saturated rings. The standard InChI is InChI=1S/C12H18BrN5O/c1-3-4-15-12-16-7-9(13)10(17-12)18-6-5-14-11(19)8(18)2/h7-8H,3-6H2,1-2H3,(H,14,19)(H,15,16,17). The molecule has 2 rings (SSSR count). The van der Waals surface area contributed by atoms with Crippen molar-refractivity contribution in [2.24, 2.45) is 0 Å². The van der Waals surface area contributed by atoms with Crippen molar-refractivity contribution in [1.29, 1.82) is 0 Å². The van der Waals surface area contributed by atoms with Gasteiger partial charge in [0.1, 0.15) is 11.9 Å². The zero-order valence-corrected chi connectivity index (χ0v) is 12.7. The van der Waals surface area contributed by atoms with E-state index in [0.29, 0.717) is 12.5 Å². The summed E-state index contributed by atoms with van der Waals surface area (Å²) in [5, 5.41) is 6.00. The summed E-state index contributed by atoms with van der Waals surface area (Å²) in [5.41, 5.74) is 0. The fourth-order valence-electron chi connectivity index (χ4n) is 1.95. The number of hydrogen-bond acceptors (Lipinski definition) is 5. The summed E-state index contributed by atoms with van der Waals surface area (Å²) < 4.78 is 0.802. The van der Waals surface area contributed by atoms with Gasteiger partial charge in [0.2, 0.25) is 11.9 Å². The number of carbonyl (C=O) groups excluding carboxylic acids is 1. The van der Waals surface area contributed by atoms with Gasteiger partial charge in [-0.3, -0.25) is 4.79 Å². The Labute approximate surface area is 121 Å². The maximum Gasteiger partial charge on any atom is 0.242 e. The normalized spacial score (nSPS) is 19.2. The van der Waals surface area contributed by atoms with Crippen LogP contribution >= 0.6 is 15.9 Å². The van der Waals surface area contributed by atoms with Gasteiger partial charge in [0.05, 0.1) is 4.47 Å². The largest absolute Gasteiger partial charge is 0.354 e. The first-order chi connectivity index (χ1) is 9.13. The molecule has 1 aromatic rings. The number of amides is 1. The van der Waals surface area contributed by atoms with Crippen LogP contribution in [0.3, 0.4) is 0 Å². The van der Waals surface area contributed by atoms with Crippen LogP contribution in [0.4, 0.5) is 11.8 Å². The summed E-state index contributed by atoms with van der Waals surface area (Å²) in [6.45, 7) is 6.18. The van der Waals surface area contributed by atoms with Crippen molar-refractivity contribution in [3.63, 3.8) is 0 Å². The van der Waals surface area contributed by atoms with E-state index in [1.807, 2.05) is 11.8 Å². The van der Waals surface area contributed by atoms with E-state index in [1.165, 1.54) is 0 Å². The third kappa shape index (κ3) is 3.15. The molecule has 1 aliphatic rings. The Morgan fingerprint density at radius 2 is 2.42 bits per heavy atom. The molecule has 1 atom stereocenters. The van der Waals surface area contributed by atoms with Gasteiger partial charge in [0.15, 0.2) is 0 Å². The molecule has 1 unspecified atom stereocenters. The van der Waals surface area contributed by atoms with Crippen LogP contribution in [0, 0.1) is 0 Å². The molecule has 1 aliphatic heterocycles. The smallest absolute Gasteiger partial charge is 0.242 e. The summed E-state index contributed by atoms with van der Waals surface area (Å²) in [6.07, 6.45) is 2.73. The second-order valence-electron chi connectivity index (χ2n) is 4.45. The van der Waals surface area contributed by atoms with Crippen LogP contribution in [-0.2, 0) is 4.79 Å². The fraction of sp³-hybridized carbons (Fsp3) is 0.583. The lowest BCUT2D eigenvalue weighted by Crippen LogP contribution is -2.54. The average molecular weight is 328 g/mol. The highest BCUT2D eigenvalue weighted by atomic mass is 79.9. The number of nitrogens with zero attached hydrogens (tertiary/aromatic N) is 3. The van der Waals surface area contributed by atoms with Gasteiger partial charge in [-0.2, -0.15) is 4.98 Å². The van der Waals surface area contributed by atoms with Crippen molar-refractivity contribution in [1.82, 2.24) is 15.3 Å². The van der Waals surface area contributed by atoms with Crippen LogP contribution in [0.2, 0.25) is 0 Å². The summed E-state index contributed by atoms with van der Waals surface area (Å²) in [4.78, 5) is 22.4. The molecule has 2 heterocycles. The second-order valence-corrected chi connectivity index (χ2v) is 5.31. The number of piperazine rings is 1. The molecule has 1 saturated heterocycles. The van der Waals surface area contributed by atoms with Gasteiger partial charge in [0, 0.05) is 25.8 Å². The van der Waals surface area contributed by atoms with Gasteiger partial charge in [-0.15, -0.1) is 0 Å². The highest BCUT2D eigenvalue weighted by molar-refractivity contribution is 9.10. The Morgan fingerprint density at radius 3 is 3.16 bits per heavy atom. The number of hydrogen-bond donors (Lipinski definition) is 2. The Balaban J connectivity index is 2.24. The molecule has 19 heavy (non-hydrogen) atoms. The van der Waals surface area contributed by atoms with Crippen molar-refractivity contribution < 1.29 is 4.79 Å². The number of halogens is 1. The molecule has 0 bridgehead atoms. The molecule has 0 aromatic carbocycles. The Morgan fingerprint density at radius 1 is 1.63 bits per heavy atom. The van der Waals surface area contributed by atoms with E-state index in [4.69, 9.17) is 0 Å². The molecular formula is C12H18BrN5O. The van der Waals surface area contributed by atoms with Crippen LogP contribution < -0.4 is 15.5 Å². The van der Waals surface area contributed by atoms with Crippen LogP contribution in [0.25, 0.3) is 0 Å². The van der Waals surface area contributed by atoms with Crippen LogP contribution in [-0.4, -0.2) is 41.6 Å². The number of nitrogens with one attached hydrogen (secondary N) is 2. The number of aromatic nitrogens is 2. The van der Waals surface area contributed by atoms with Gasteiger partial charge in [-0.1, -0.05) is 6.92 Å². The minimum absolute atomic E-state index is 0.0276. The van der Waals surface area contributed by atoms with Gasteiger partial charge >= 0.3 is 0 Å². The molecule has 0 aliphatic carbocycles. The predicted molar refractivity (Wildman–Crippen MR) is 78.3 cm³/mol. The average Bonchev–Trinajstić information content (AvgIpc) is 2.41. The first-order valence-electron chi connectivity index (χ1n) is 6.44. The molecule has 7 heteroatoms. The zero-order chi connectivity index (χ0) is 13.8. The summed E-state index contributed by atoms with van der Waals surface area (Å²) in [6, 6.07) is -0.223. The van der Waals surface area contributed by atoms with Crippen molar-refractivity contribution in [3.8, 4) is 0 Å². The summed E-state index contributed by atoms with van der Waals surface area (Å²) >= 11 is 3.46. The van der Waals surface area contributed by atoms with E-state index in [1.54, 1.807) is 6.20 Å². The van der Waals surface area contributed by atoms with Crippen LogP contribution in [0.5, 0.6) is 0 Å². The molecule has 2 N–H and O–H groups in total. The minimum Gasteiger partial charge on any atom is -0.354 e. The molecule has 0 spiro atoms. The third-order valence-electron chi connectivity index (χ3n) is 3.03. The Kier molecular flexibility index (Phi) is 4.57. The van der Waals surface area contributed by atoms with Crippen molar-refractivity contribution >= 4 is 33.6 Å². The predicted octanol–water partition coefficient (Wildman–Crippen LogP) is 1.39. The molecule has 0 saturated carbocycles. The van der Waals surface area contributed by atoms with Gasteiger partial charge in [0.25, 0.3) is 0 Å². The van der Waals surface area contributed by atoms with Crippen LogP contribution in [0.1, 0.15) is 20.3 Å². The first kappa shape index (κ1) is 14.0. The van der Waals surface area contributed by atoms with Crippen LogP contribution in [0.15, 0.2) is 10.7 Å². The van der Waals surface area contributed by atoms with E-state index in [2.05, 4.69) is 43.5 Å². The van der Waals surface area contributed by atoms with Crippen molar-refractivity contribution in [2.45, 2.75) is 26.3 Å². The molecule has 104 valence electrons. The van der Waals surface area contributed by atoms with E-state index >= 15 is 0 Å². The zero-order valence-electron chi connectivity index (χ0n) is 11.1. The molecule has 0 radical (unpaired) electrons. The second kappa shape index (κ2) is 6.18. The number of rotatable bonds is 4. The maximum absolute atomic E-state index is 11.7. The molecule has 6 nitrogen and oxygen atoms in total. The van der Waals surface area contributed by atoms with E-state index < -0.39 is 0 Å². The molecule has 1 amide bonds. The lowest BCUT2D eigenvalue weighted by atomic mass is 10.2. The van der Waals surface area contributed by atoms with E-state index in [0.717, 1.165) is 29.8 Å². The fourth-order valence-corrected chi connectivity index (χ4v) is 2.37. The van der Waals surface area contributed by atoms with Crippen molar-refractivity contribution in [2.75, 3.05) is 29.9 Å². The monoisotopic (exact) mass is 327 g/mol. The molecular weight excluding hydrogens is 310 g/mol. The van der Waals surface area contributed by atoms with E-state index in [9.17, 15) is 4.79 Å². The topological polar surface area (TPSA) is 70.2 Å². The highest BCUT2D eigenvalue weighted by Crippen LogP contribution is 2.26. The maximum atomic E-state index is 11.7. The summed E-state index contributed by atoms with van der Waals surface area (Å²) in [7, 11) is 0. The van der Waals surface area contributed by atoms with E-state index in [-0.39, 0.29) is 11.9 Å². The first-order valence-corrected chi connectivity index (χ1v) is 7.23. The number of anilines is 2.